The Kier molecular flexibility index (Phi) is 4.22. The molecule has 0 heterocycles. The molecule has 2 aromatic carbocycles. The normalized spacial score (nSPS) is 10.4. The van der Waals surface area contributed by atoms with E-state index >= 15 is 0 Å². The monoisotopic (exact) mass is 329 g/mol. The first-order valence-corrected chi connectivity index (χ1v) is 6.39. The van der Waals surface area contributed by atoms with Gasteiger partial charge in [-0.05, 0) is 24.3 Å². The fraction of sp³-hybridized carbons (Fsp3) is 0.0769. The number of rotatable bonds is 3. The molecular formula is C13H10BrClFNO. The van der Waals surface area contributed by atoms with Crippen LogP contribution in [0.4, 0.5) is 4.39 Å². The van der Waals surface area contributed by atoms with Gasteiger partial charge in [0.25, 0.3) is 0 Å². The lowest BCUT2D eigenvalue weighted by molar-refractivity contribution is 0.438. The number of nitrogens with two attached hydrogens (primary N) is 1. The van der Waals surface area contributed by atoms with Gasteiger partial charge in [-0.3, -0.25) is 0 Å². The van der Waals surface area contributed by atoms with Crippen molar-refractivity contribution in [2.75, 3.05) is 0 Å². The molecule has 0 aliphatic heterocycles. The molecule has 0 amide bonds. The van der Waals surface area contributed by atoms with Crippen LogP contribution in [0.3, 0.4) is 0 Å². The fourth-order valence-electron chi connectivity index (χ4n) is 1.47. The van der Waals surface area contributed by atoms with E-state index < -0.39 is 5.82 Å². The van der Waals surface area contributed by atoms with Crippen molar-refractivity contribution in [1.82, 2.24) is 0 Å². The van der Waals surface area contributed by atoms with E-state index in [0.717, 1.165) is 10.0 Å². The highest BCUT2D eigenvalue weighted by Crippen LogP contribution is 2.32. The average Bonchev–Trinajstić information content (AvgIpc) is 2.35. The van der Waals surface area contributed by atoms with Gasteiger partial charge < -0.3 is 10.5 Å². The zero-order chi connectivity index (χ0) is 13.1. The van der Waals surface area contributed by atoms with Crippen molar-refractivity contribution >= 4 is 27.5 Å². The first kappa shape index (κ1) is 13.3. The molecule has 2 N–H and O–H groups in total. The van der Waals surface area contributed by atoms with Crippen LogP contribution in [0.25, 0.3) is 0 Å². The van der Waals surface area contributed by atoms with Crippen LogP contribution in [0.15, 0.2) is 40.9 Å². The van der Waals surface area contributed by atoms with Crippen molar-refractivity contribution in [3.63, 3.8) is 0 Å². The molecule has 94 valence electrons. The van der Waals surface area contributed by atoms with Crippen LogP contribution in [-0.2, 0) is 6.54 Å². The summed E-state index contributed by atoms with van der Waals surface area (Å²) >= 11 is 9.03. The van der Waals surface area contributed by atoms with Crippen molar-refractivity contribution in [3.05, 3.63) is 57.3 Å². The highest BCUT2D eigenvalue weighted by atomic mass is 79.9. The second-order valence-corrected chi connectivity index (χ2v) is 4.93. The number of ether oxygens (including phenoxy) is 1. The third kappa shape index (κ3) is 2.83. The average molecular weight is 331 g/mol. The van der Waals surface area contributed by atoms with Crippen LogP contribution in [-0.4, -0.2) is 0 Å². The van der Waals surface area contributed by atoms with Crippen LogP contribution in [0, 0.1) is 5.82 Å². The van der Waals surface area contributed by atoms with Crippen LogP contribution in [0.5, 0.6) is 11.5 Å². The summed E-state index contributed by atoms with van der Waals surface area (Å²) in [4.78, 5) is 0. The molecule has 0 saturated heterocycles. The largest absolute Gasteiger partial charge is 0.454 e. The molecule has 0 bridgehead atoms. The van der Waals surface area contributed by atoms with Gasteiger partial charge >= 0.3 is 0 Å². The minimum Gasteiger partial charge on any atom is -0.454 e. The Balaban J connectivity index is 2.39. The van der Waals surface area contributed by atoms with Crippen molar-refractivity contribution in [1.29, 1.82) is 0 Å². The number of hydrogen-bond donors (Lipinski definition) is 1. The summed E-state index contributed by atoms with van der Waals surface area (Å²) in [5, 5.41) is 0.0248. The van der Waals surface area contributed by atoms with E-state index in [1.807, 2.05) is 12.1 Å². The third-order valence-electron chi connectivity index (χ3n) is 2.39. The quantitative estimate of drug-likeness (QED) is 0.899. The van der Waals surface area contributed by atoms with Crippen LogP contribution >= 0.6 is 27.5 Å². The molecule has 0 atom stereocenters. The van der Waals surface area contributed by atoms with Gasteiger partial charge in [0.15, 0.2) is 11.6 Å². The van der Waals surface area contributed by atoms with Gasteiger partial charge in [0, 0.05) is 16.6 Å². The van der Waals surface area contributed by atoms with Gasteiger partial charge in [-0.1, -0.05) is 39.7 Å². The van der Waals surface area contributed by atoms with E-state index in [1.54, 1.807) is 12.1 Å². The van der Waals surface area contributed by atoms with E-state index in [9.17, 15) is 4.39 Å². The van der Waals surface area contributed by atoms with Crippen LogP contribution in [0.1, 0.15) is 5.56 Å². The highest BCUT2D eigenvalue weighted by molar-refractivity contribution is 9.10. The molecule has 0 aromatic heterocycles. The Bertz CT molecular complexity index is 577. The van der Waals surface area contributed by atoms with E-state index in [0.29, 0.717) is 12.3 Å². The first-order chi connectivity index (χ1) is 8.61. The molecule has 0 unspecified atom stereocenters. The summed E-state index contributed by atoms with van der Waals surface area (Å²) in [7, 11) is 0. The van der Waals surface area contributed by atoms with Crippen molar-refractivity contribution in [2.24, 2.45) is 5.73 Å². The Labute approximate surface area is 118 Å². The van der Waals surface area contributed by atoms with Gasteiger partial charge in [0.1, 0.15) is 5.75 Å². The highest BCUT2D eigenvalue weighted by Gasteiger charge is 2.10. The van der Waals surface area contributed by atoms with Crippen LogP contribution < -0.4 is 10.5 Å². The summed E-state index contributed by atoms with van der Waals surface area (Å²) in [6.07, 6.45) is 0. The molecule has 0 spiro atoms. The van der Waals surface area contributed by atoms with Crippen molar-refractivity contribution < 1.29 is 9.13 Å². The summed E-state index contributed by atoms with van der Waals surface area (Å²) in [5.74, 6) is 0.00505. The molecule has 0 fully saturated rings. The van der Waals surface area contributed by atoms with Crippen LogP contribution in [0.2, 0.25) is 5.02 Å². The predicted octanol–water partition coefficient (Wildman–Crippen LogP) is 4.49. The number of hydrogen-bond acceptors (Lipinski definition) is 2. The summed E-state index contributed by atoms with van der Waals surface area (Å²) in [6, 6.07) is 10.0. The molecule has 0 aliphatic carbocycles. The Morgan fingerprint density at radius 1 is 1.22 bits per heavy atom. The molecule has 0 saturated carbocycles. The summed E-state index contributed by atoms with van der Waals surface area (Å²) in [5.41, 5.74) is 6.40. The Morgan fingerprint density at radius 2 is 2.00 bits per heavy atom. The van der Waals surface area contributed by atoms with E-state index in [1.165, 1.54) is 12.1 Å². The maximum atomic E-state index is 13.7. The second-order valence-electron chi connectivity index (χ2n) is 3.61. The SMILES string of the molecule is NCc1ccc(Br)cc1Oc1cccc(Cl)c1F. The first-order valence-electron chi connectivity index (χ1n) is 5.22. The van der Waals surface area contributed by atoms with Crippen molar-refractivity contribution in [3.8, 4) is 11.5 Å². The second kappa shape index (κ2) is 5.69. The lowest BCUT2D eigenvalue weighted by atomic mass is 10.2. The Hall–Kier alpha value is -1.10. The maximum Gasteiger partial charge on any atom is 0.184 e. The third-order valence-corrected chi connectivity index (χ3v) is 3.17. The molecular weight excluding hydrogens is 321 g/mol. The van der Waals surface area contributed by atoms with E-state index in [2.05, 4.69) is 15.9 Å². The van der Waals surface area contributed by atoms with E-state index in [-0.39, 0.29) is 10.8 Å². The zero-order valence-corrected chi connectivity index (χ0v) is 11.6. The predicted molar refractivity (Wildman–Crippen MR) is 73.5 cm³/mol. The number of halogens is 3. The zero-order valence-electron chi connectivity index (χ0n) is 9.29. The molecule has 2 aromatic rings. The molecule has 0 radical (unpaired) electrons. The van der Waals surface area contributed by atoms with Gasteiger partial charge in [-0.25, -0.2) is 4.39 Å². The molecule has 0 aliphatic rings. The summed E-state index contributed by atoms with van der Waals surface area (Å²) < 4.78 is 20.1. The lowest BCUT2D eigenvalue weighted by Crippen LogP contribution is -2.00. The molecule has 18 heavy (non-hydrogen) atoms. The lowest BCUT2D eigenvalue weighted by Gasteiger charge is -2.11. The fourth-order valence-corrected chi connectivity index (χ4v) is 1.98. The van der Waals surface area contributed by atoms with Gasteiger partial charge in [-0.15, -0.1) is 0 Å². The molecule has 5 heteroatoms. The van der Waals surface area contributed by atoms with Gasteiger partial charge in [0.2, 0.25) is 0 Å². The number of benzene rings is 2. The minimum atomic E-state index is -0.581. The molecule has 2 nitrogen and oxygen atoms in total. The van der Waals surface area contributed by atoms with Gasteiger partial charge in [0.05, 0.1) is 5.02 Å². The van der Waals surface area contributed by atoms with E-state index in [4.69, 9.17) is 22.1 Å². The molecule has 2 rings (SSSR count). The van der Waals surface area contributed by atoms with Crippen molar-refractivity contribution in [2.45, 2.75) is 6.54 Å². The smallest absolute Gasteiger partial charge is 0.184 e. The Morgan fingerprint density at radius 3 is 2.72 bits per heavy atom. The maximum absolute atomic E-state index is 13.7. The topological polar surface area (TPSA) is 35.2 Å². The minimum absolute atomic E-state index is 0.0248. The standard InChI is InChI=1S/C13H10BrClFNO/c14-9-5-4-8(7-17)12(6-9)18-11-3-1-2-10(15)13(11)16/h1-6H,7,17H2. The summed E-state index contributed by atoms with van der Waals surface area (Å²) in [6.45, 7) is 0.310. The van der Waals surface area contributed by atoms with Gasteiger partial charge in [-0.2, -0.15) is 0 Å².